The van der Waals surface area contributed by atoms with Crippen molar-refractivity contribution in [1.29, 1.82) is 0 Å². The van der Waals surface area contributed by atoms with E-state index < -0.39 is 0 Å². The van der Waals surface area contributed by atoms with Crippen molar-refractivity contribution in [3.8, 4) is 5.75 Å². The lowest BCUT2D eigenvalue weighted by Gasteiger charge is -2.14. The smallest absolute Gasteiger partial charge is 0.261 e. The van der Waals surface area contributed by atoms with Crippen LogP contribution in [0.2, 0.25) is 0 Å². The largest absolute Gasteiger partial charge is 0.490 e. The van der Waals surface area contributed by atoms with Crippen LogP contribution < -0.4 is 10.1 Å². The Balaban J connectivity index is 1.64. The standard InChI is InChI=1S/C17H21N3O3S/c1-2-6-15-19-20-17(24-15)18-16(21)13-8-3-4-9-14(13)23-11-12-7-5-10-22-12/h3-4,8-9,12H,2,5-7,10-11H2,1H3,(H,18,20,21). The first-order chi connectivity index (χ1) is 11.8. The second-order valence-electron chi connectivity index (χ2n) is 5.65. The first-order valence-electron chi connectivity index (χ1n) is 8.23. The molecule has 6 nitrogen and oxygen atoms in total. The summed E-state index contributed by atoms with van der Waals surface area (Å²) in [4.78, 5) is 12.5. The number of anilines is 1. The molecule has 1 aromatic carbocycles. The highest BCUT2D eigenvalue weighted by molar-refractivity contribution is 7.15. The minimum absolute atomic E-state index is 0.112. The maximum absolute atomic E-state index is 12.5. The zero-order valence-corrected chi connectivity index (χ0v) is 14.5. The molecular weight excluding hydrogens is 326 g/mol. The number of amides is 1. The number of para-hydroxylation sites is 1. The minimum Gasteiger partial charge on any atom is -0.490 e. The van der Waals surface area contributed by atoms with Crippen LogP contribution in [0.25, 0.3) is 0 Å². The minimum atomic E-state index is -0.239. The summed E-state index contributed by atoms with van der Waals surface area (Å²) in [5.74, 6) is 0.320. The molecule has 0 aliphatic carbocycles. The first-order valence-corrected chi connectivity index (χ1v) is 9.05. The Kier molecular flexibility index (Phi) is 5.77. The maximum Gasteiger partial charge on any atom is 0.261 e. The molecule has 1 saturated heterocycles. The Bertz CT molecular complexity index is 683. The summed E-state index contributed by atoms with van der Waals surface area (Å²) in [7, 11) is 0. The van der Waals surface area contributed by atoms with Gasteiger partial charge in [-0.1, -0.05) is 30.4 Å². The SMILES string of the molecule is CCCc1nnc(NC(=O)c2ccccc2OCC2CCCO2)s1. The van der Waals surface area contributed by atoms with Crippen LogP contribution in [-0.2, 0) is 11.2 Å². The first kappa shape index (κ1) is 16.9. The summed E-state index contributed by atoms with van der Waals surface area (Å²) in [5.41, 5.74) is 0.489. The van der Waals surface area contributed by atoms with E-state index in [1.165, 1.54) is 11.3 Å². The van der Waals surface area contributed by atoms with Crippen molar-refractivity contribution in [1.82, 2.24) is 10.2 Å². The number of hydrogen-bond donors (Lipinski definition) is 1. The lowest BCUT2D eigenvalue weighted by molar-refractivity contribution is 0.0673. The van der Waals surface area contributed by atoms with Crippen molar-refractivity contribution in [2.24, 2.45) is 0 Å². The molecule has 1 aliphatic rings. The molecule has 1 unspecified atom stereocenters. The summed E-state index contributed by atoms with van der Waals surface area (Å²) in [5, 5.41) is 12.3. The molecule has 128 valence electrons. The van der Waals surface area contributed by atoms with Gasteiger partial charge in [0.15, 0.2) is 0 Å². The third-order valence-electron chi connectivity index (χ3n) is 3.73. The van der Waals surface area contributed by atoms with Crippen molar-refractivity contribution in [2.45, 2.75) is 38.7 Å². The van der Waals surface area contributed by atoms with Gasteiger partial charge in [0, 0.05) is 13.0 Å². The number of nitrogens with one attached hydrogen (secondary N) is 1. The van der Waals surface area contributed by atoms with Crippen LogP contribution in [0.1, 0.15) is 41.6 Å². The molecule has 1 N–H and O–H groups in total. The van der Waals surface area contributed by atoms with E-state index in [0.29, 0.717) is 23.1 Å². The Morgan fingerprint density at radius 1 is 1.42 bits per heavy atom. The molecule has 0 spiro atoms. The van der Waals surface area contributed by atoms with Crippen LogP contribution in [0.5, 0.6) is 5.75 Å². The zero-order chi connectivity index (χ0) is 16.8. The van der Waals surface area contributed by atoms with Gasteiger partial charge < -0.3 is 9.47 Å². The number of aromatic nitrogens is 2. The van der Waals surface area contributed by atoms with E-state index >= 15 is 0 Å². The molecule has 24 heavy (non-hydrogen) atoms. The molecule has 7 heteroatoms. The van der Waals surface area contributed by atoms with Crippen LogP contribution in [0, 0.1) is 0 Å². The van der Waals surface area contributed by atoms with Gasteiger partial charge in [0.25, 0.3) is 5.91 Å². The molecule has 1 atom stereocenters. The van der Waals surface area contributed by atoms with Crippen LogP contribution in [0.3, 0.4) is 0 Å². The molecule has 1 aromatic heterocycles. The summed E-state index contributed by atoms with van der Waals surface area (Å²) in [6, 6.07) is 7.21. The Morgan fingerprint density at radius 2 is 2.29 bits per heavy atom. The maximum atomic E-state index is 12.5. The predicted molar refractivity (Wildman–Crippen MR) is 92.8 cm³/mol. The van der Waals surface area contributed by atoms with Gasteiger partial charge in [-0.2, -0.15) is 0 Å². The molecule has 1 fully saturated rings. The average Bonchev–Trinajstić information content (AvgIpc) is 3.25. The number of carbonyl (C=O) groups excluding carboxylic acids is 1. The van der Waals surface area contributed by atoms with Crippen molar-refractivity contribution in [2.75, 3.05) is 18.5 Å². The van der Waals surface area contributed by atoms with Crippen LogP contribution in [-0.4, -0.2) is 35.4 Å². The van der Waals surface area contributed by atoms with Crippen LogP contribution in [0.15, 0.2) is 24.3 Å². The van der Waals surface area contributed by atoms with E-state index in [2.05, 4.69) is 22.4 Å². The van der Waals surface area contributed by atoms with E-state index in [9.17, 15) is 4.79 Å². The van der Waals surface area contributed by atoms with Crippen molar-refractivity contribution in [3.05, 3.63) is 34.8 Å². The number of nitrogens with zero attached hydrogens (tertiary/aromatic N) is 2. The van der Waals surface area contributed by atoms with Gasteiger partial charge in [-0.25, -0.2) is 0 Å². The fourth-order valence-electron chi connectivity index (χ4n) is 2.52. The Morgan fingerprint density at radius 3 is 3.08 bits per heavy atom. The van der Waals surface area contributed by atoms with Gasteiger partial charge in [0.1, 0.15) is 17.4 Å². The topological polar surface area (TPSA) is 73.3 Å². The third-order valence-corrected chi connectivity index (χ3v) is 4.63. The lowest BCUT2D eigenvalue weighted by atomic mass is 10.2. The van der Waals surface area contributed by atoms with E-state index in [4.69, 9.17) is 9.47 Å². The predicted octanol–water partition coefficient (Wildman–Crippen LogP) is 3.30. The average molecular weight is 347 g/mol. The molecule has 2 aromatic rings. The number of carbonyl (C=O) groups is 1. The van der Waals surface area contributed by atoms with E-state index in [1.807, 2.05) is 12.1 Å². The van der Waals surface area contributed by atoms with Crippen molar-refractivity contribution < 1.29 is 14.3 Å². The summed E-state index contributed by atoms with van der Waals surface area (Å²) < 4.78 is 11.4. The lowest BCUT2D eigenvalue weighted by Crippen LogP contribution is -2.19. The molecule has 1 amide bonds. The van der Waals surface area contributed by atoms with Gasteiger partial charge in [0.2, 0.25) is 5.13 Å². The van der Waals surface area contributed by atoms with E-state index in [0.717, 1.165) is 37.3 Å². The van der Waals surface area contributed by atoms with Gasteiger partial charge in [-0.05, 0) is 31.4 Å². The number of aryl methyl sites for hydroxylation is 1. The van der Waals surface area contributed by atoms with Gasteiger partial charge in [-0.3, -0.25) is 10.1 Å². The van der Waals surface area contributed by atoms with Gasteiger partial charge >= 0.3 is 0 Å². The van der Waals surface area contributed by atoms with Crippen LogP contribution >= 0.6 is 11.3 Å². The number of rotatable bonds is 7. The summed E-state index contributed by atoms with van der Waals surface area (Å²) in [6.07, 6.45) is 4.05. The van der Waals surface area contributed by atoms with E-state index in [-0.39, 0.29) is 12.0 Å². The number of ether oxygens (including phenoxy) is 2. The van der Waals surface area contributed by atoms with Crippen molar-refractivity contribution in [3.63, 3.8) is 0 Å². The molecular formula is C17H21N3O3S. The number of hydrogen-bond acceptors (Lipinski definition) is 6. The second kappa shape index (κ2) is 8.21. The molecule has 1 aliphatic heterocycles. The highest BCUT2D eigenvalue weighted by Gasteiger charge is 2.19. The Labute approximate surface area is 145 Å². The Hall–Kier alpha value is -1.99. The third kappa shape index (κ3) is 4.30. The van der Waals surface area contributed by atoms with E-state index in [1.54, 1.807) is 12.1 Å². The van der Waals surface area contributed by atoms with Gasteiger partial charge in [0.05, 0.1) is 11.7 Å². The molecule has 2 heterocycles. The monoisotopic (exact) mass is 347 g/mol. The highest BCUT2D eigenvalue weighted by atomic mass is 32.1. The fourth-order valence-corrected chi connectivity index (χ4v) is 3.36. The van der Waals surface area contributed by atoms with Crippen molar-refractivity contribution >= 4 is 22.4 Å². The quantitative estimate of drug-likeness (QED) is 0.832. The molecule has 0 saturated carbocycles. The fraction of sp³-hybridized carbons (Fsp3) is 0.471. The normalized spacial score (nSPS) is 17.0. The summed E-state index contributed by atoms with van der Waals surface area (Å²) >= 11 is 1.41. The van der Waals surface area contributed by atoms with Crippen LogP contribution in [0.4, 0.5) is 5.13 Å². The molecule has 0 radical (unpaired) electrons. The summed E-state index contributed by atoms with van der Waals surface area (Å²) in [6.45, 7) is 3.33. The highest BCUT2D eigenvalue weighted by Crippen LogP contribution is 2.23. The molecule has 0 bridgehead atoms. The molecule has 3 rings (SSSR count). The number of benzene rings is 1. The second-order valence-corrected chi connectivity index (χ2v) is 6.71. The van der Waals surface area contributed by atoms with Gasteiger partial charge in [-0.15, -0.1) is 10.2 Å². The zero-order valence-electron chi connectivity index (χ0n) is 13.7.